The van der Waals surface area contributed by atoms with Gasteiger partial charge in [0.05, 0.1) is 5.02 Å². The zero-order valence-electron chi connectivity index (χ0n) is 13.7. The summed E-state index contributed by atoms with van der Waals surface area (Å²) in [5, 5.41) is 3.28. The Morgan fingerprint density at radius 1 is 1.17 bits per heavy atom. The van der Waals surface area contributed by atoms with Gasteiger partial charge in [-0.05, 0) is 19.1 Å². The number of halogens is 1. The van der Waals surface area contributed by atoms with E-state index in [1.54, 1.807) is 31.2 Å². The van der Waals surface area contributed by atoms with E-state index in [4.69, 9.17) is 11.6 Å². The first-order valence-electron chi connectivity index (χ1n) is 7.30. The van der Waals surface area contributed by atoms with Crippen molar-refractivity contribution in [1.29, 1.82) is 0 Å². The van der Waals surface area contributed by atoms with Crippen molar-refractivity contribution in [3.63, 3.8) is 0 Å². The van der Waals surface area contributed by atoms with Crippen LogP contribution in [0, 0.1) is 6.92 Å². The molecule has 130 valence electrons. The Bertz CT molecular complexity index is 811. The predicted octanol–water partition coefficient (Wildman–Crippen LogP) is 1.89. The van der Waals surface area contributed by atoms with Crippen molar-refractivity contribution < 1.29 is 8.42 Å². The van der Waals surface area contributed by atoms with Crippen LogP contribution in [0.5, 0.6) is 0 Å². The molecule has 0 aliphatic carbocycles. The smallest absolute Gasteiger partial charge is 0.242 e. The minimum atomic E-state index is -3.64. The number of benzene rings is 1. The maximum Gasteiger partial charge on any atom is 0.242 e. The Labute approximate surface area is 147 Å². The van der Waals surface area contributed by atoms with Crippen LogP contribution in [0.25, 0.3) is 0 Å². The van der Waals surface area contributed by atoms with Crippen molar-refractivity contribution in [2.45, 2.75) is 11.8 Å². The maximum absolute atomic E-state index is 12.2. The molecule has 0 aliphatic rings. The van der Waals surface area contributed by atoms with Crippen LogP contribution in [-0.2, 0) is 10.0 Å². The molecule has 2 rings (SSSR count). The van der Waals surface area contributed by atoms with Crippen LogP contribution in [0.15, 0.2) is 35.2 Å². The van der Waals surface area contributed by atoms with Crippen molar-refractivity contribution in [2.24, 2.45) is 0 Å². The fraction of sp³-hybridized carbons (Fsp3) is 0.333. The Balaban J connectivity index is 1.95. The normalized spacial score (nSPS) is 11.3. The van der Waals surface area contributed by atoms with Crippen LogP contribution in [-0.4, -0.2) is 45.6 Å². The quantitative estimate of drug-likeness (QED) is 0.725. The molecule has 2 N–H and O–H groups in total. The third-order valence-corrected chi connectivity index (χ3v) is 5.09. The van der Waals surface area contributed by atoms with E-state index in [9.17, 15) is 8.42 Å². The zero-order chi connectivity index (χ0) is 17.7. The summed E-state index contributed by atoms with van der Waals surface area (Å²) in [6, 6.07) is 8.12. The molecule has 0 bridgehead atoms. The third-order valence-electron chi connectivity index (χ3n) is 3.13. The average Bonchev–Trinajstić information content (AvgIpc) is 2.51. The number of hydrogen-bond acceptors (Lipinski definition) is 6. The number of aryl methyl sites for hydroxylation is 1. The molecule has 1 aromatic heterocycles. The van der Waals surface area contributed by atoms with Crippen molar-refractivity contribution in [3.05, 3.63) is 41.2 Å². The summed E-state index contributed by atoms with van der Waals surface area (Å²) in [4.78, 5) is 10.5. The van der Waals surface area contributed by atoms with E-state index in [0.717, 1.165) is 5.82 Å². The second kappa shape index (κ2) is 7.78. The highest BCUT2D eigenvalue weighted by Gasteiger charge is 2.16. The molecular weight excluding hydrogens is 350 g/mol. The average molecular weight is 370 g/mol. The molecule has 1 heterocycles. The van der Waals surface area contributed by atoms with E-state index in [1.807, 2.05) is 19.0 Å². The summed E-state index contributed by atoms with van der Waals surface area (Å²) in [6.07, 6.45) is 0. The number of nitrogens with one attached hydrogen (secondary N) is 2. The molecule has 1 aromatic carbocycles. The van der Waals surface area contributed by atoms with Gasteiger partial charge in [0.1, 0.15) is 22.4 Å². The summed E-state index contributed by atoms with van der Waals surface area (Å²) in [7, 11) is 0.146. The molecule has 0 saturated carbocycles. The number of nitrogens with zero attached hydrogens (tertiary/aromatic N) is 3. The molecule has 0 spiro atoms. The van der Waals surface area contributed by atoms with Gasteiger partial charge in [-0.3, -0.25) is 0 Å². The molecule has 0 unspecified atom stereocenters. The van der Waals surface area contributed by atoms with Crippen LogP contribution in [0.3, 0.4) is 0 Å². The van der Waals surface area contributed by atoms with Gasteiger partial charge in [-0.2, -0.15) is 0 Å². The number of rotatable bonds is 7. The molecule has 0 amide bonds. The van der Waals surface area contributed by atoms with Gasteiger partial charge in [0, 0.05) is 33.3 Å². The molecule has 7 nitrogen and oxygen atoms in total. The highest BCUT2D eigenvalue weighted by Crippen LogP contribution is 2.20. The molecule has 24 heavy (non-hydrogen) atoms. The number of sulfonamides is 1. The van der Waals surface area contributed by atoms with Gasteiger partial charge in [-0.1, -0.05) is 23.7 Å². The first-order valence-corrected chi connectivity index (χ1v) is 9.17. The Kier molecular flexibility index (Phi) is 5.98. The van der Waals surface area contributed by atoms with Crippen molar-refractivity contribution in [3.8, 4) is 0 Å². The maximum atomic E-state index is 12.2. The Hall–Kier alpha value is -1.90. The van der Waals surface area contributed by atoms with Crippen LogP contribution in [0.4, 0.5) is 11.6 Å². The lowest BCUT2D eigenvalue weighted by Crippen LogP contribution is -2.29. The molecule has 0 aliphatic heterocycles. The highest BCUT2D eigenvalue weighted by atomic mass is 35.5. The predicted molar refractivity (Wildman–Crippen MR) is 96.2 cm³/mol. The third kappa shape index (κ3) is 4.80. The van der Waals surface area contributed by atoms with Crippen LogP contribution < -0.4 is 14.9 Å². The lowest BCUT2D eigenvalue weighted by Gasteiger charge is -2.14. The topological polar surface area (TPSA) is 87.2 Å². The lowest BCUT2D eigenvalue weighted by atomic mass is 10.4. The van der Waals surface area contributed by atoms with E-state index in [-0.39, 0.29) is 16.5 Å². The Morgan fingerprint density at radius 3 is 2.54 bits per heavy atom. The largest absolute Gasteiger partial charge is 0.369 e. The van der Waals surface area contributed by atoms with E-state index >= 15 is 0 Å². The van der Waals surface area contributed by atoms with Crippen LogP contribution >= 0.6 is 11.6 Å². The lowest BCUT2D eigenvalue weighted by molar-refractivity contribution is 0.583. The van der Waals surface area contributed by atoms with E-state index < -0.39 is 10.0 Å². The van der Waals surface area contributed by atoms with Gasteiger partial charge in [0.2, 0.25) is 10.0 Å². The zero-order valence-corrected chi connectivity index (χ0v) is 15.3. The van der Waals surface area contributed by atoms with Gasteiger partial charge in [0.15, 0.2) is 0 Å². The van der Waals surface area contributed by atoms with Crippen LogP contribution in [0.1, 0.15) is 5.82 Å². The molecule has 2 aromatic rings. The molecule has 9 heteroatoms. The van der Waals surface area contributed by atoms with Gasteiger partial charge in [0.25, 0.3) is 0 Å². The van der Waals surface area contributed by atoms with Gasteiger partial charge < -0.3 is 10.2 Å². The summed E-state index contributed by atoms with van der Waals surface area (Å²) in [6.45, 7) is 2.39. The first kappa shape index (κ1) is 18.4. The van der Waals surface area contributed by atoms with E-state index in [1.165, 1.54) is 6.07 Å². The van der Waals surface area contributed by atoms with Gasteiger partial charge in [-0.25, -0.2) is 23.1 Å². The second-order valence-corrected chi connectivity index (χ2v) is 7.45. The van der Waals surface area contributed by atoms with E-state index in [0.29, 0.717) is 18.2 Å². The van der Waals surface area contributed by atoms with Crippen LogP contribution in [0.2, 0.25) is 5.02 Å². The first-order chi connectivity index (χ1) is 11.3. The molecule has 0 radical (unpaired) electrons. The van der Waals surface area contributed by atoms with Crippen molar-refractivity contribution in [1.82, 2.24) is 14.7 Å². The van der Waals surface area contributed by atoms with Gasteiger partial charge >= 0.3 is 0 Å². The second-order valence-electron chi connectivity index (χ2n) is 5.31. The molecule has 0 fully saturated rings. The minimum Gasteiger partial charge on any atom is -0.369 e. The van der Waals surface area contributed by atoms with Gasteiger partial charge in [-0.15, -0.1) is 0 Å². The molecule has 0 saturated heterocycles. The number of aromatic nitrogens is 2. The summed E-state index contributed by atoms with van der Waals surface area (Å²) in [5.41, 5.74) is 0. The van der Waals surface area contributed by atoms with Crippen molar-refractivity contribution >= 4 is 33.3 Å². The molecule has 0 atom stereocenters. The minimum absolute atomic E-state index is 0.0689. The number of anilines is 2. The highest BCUT2D eigenvalue weighted by molar-refractivity contribution is 7.89. The van der Waals surface area contributed by atoms with E-state index in [2.05, 4.69) is 20.0 Å². The summed E-state index contributed by atoms with van der Waals surface area (Å²) >= 11 is 5.93. The standard InChI is InChI=1S/C15H20ClN5O2S/c1-11-19-14(10-15(20-11)21(2)3)17-8-9-18-24(22,23)13-7-5-4-6-12(13)16/h4-7,10,18H,8-9H2,1-3H3,(H,17,19,20). The Morgan fingerprint density at radius 2 is 1.88 bits per heavy atom. The van der Waals surface area contributed by atoms with Crippen molar-refractivity contribution in [2.75, 3.05) is 37.4 Å². The number of hydrogen-bond donors (Lipinski definition) is 2. The molecular formula is C15H20ClN5O2S. The summed E-state index contributed by atoms with van der Waals surface area (Å²) in [5.74, 6) is 2.06. The summed E-state index contributed by atoms with van der Waals surface area (Å²) < 4.78 is 26.9. The fourth-order valence-electron chi connectivity index (χ4n) is 1.99. The SMILES string of the molecule is Cc1nc(NCCNS(=O)(=O)c2ccccc2Cl)cc(N(C)C)n1. The monoisotopic (exact) mass is 369 g/mol. The fourth-order valence-corrected chi connectivity index (χ4v) is 3.54.